The molecule has 34 heavy (non-hydrogen) atoms. The number of piperidine rings is 1. The molecule has 3 aromatic carbocycles. The van der Waals surface area contributed by atoms with E-state index < -0.39 is 5.54 Å². The van der Waals surface area contributed by atoms with Gasteiger partial charge in [0.05, 0.1) is 23.8 Å². The number of carbonyl (C=O) groups is 1. The van der Waals surface area contributed by atoms with Crippen molar-refractivity contribution in [2.75, 3.05) is 36.1 Å². The quantitative estimate of drug-likeness (QED) is 0.578. The summed E-state index contributed by atoms with van der Waals surface area (Å²) in [6, 6.07) is 29.8. The van der Waals surface area contributed by atoms with Crippen LogP contribution in [0.5, 0.6) is 0 Å². The van der Waals surface area contributed by atoms with Crippen LogP contribution >= 0.6 is 11.8 Å². The molecule has 0 radical (unpaired) electrons. The van der Waals surface area contributed by atoms with Crippen LogP contribution < -0.4 is 15.1 Å². The Kier molecular flexibility index (Phi) is 5.30. The zero-order chi connectivity index (χ0) is 23.2. The molecule has 6 heteroatoms. The van der Waals surface area contributed by atoms with E-state index in [4.69, 9.17) is 0 Å². The van der Waals surface area contributed by atoms with Gasteiger partial charge < -0.3 is 15.1 Å². The van der Waals surface area contributed by atoms with E-state index in [2.05, 4.69) is 106 Å². The van der Waals surface area contributed by atoms with Crippen molar-refractivity contribution in [3.05, 3.63) is 84.9 Å². The minimum absolute atomic E-state index is 0.0849. The lowest BCUT2D eigenvalue weighted by atomic mass is 9.85. The summed E-state index contributed by atoms with van der Waals surface area (Å²) in [6.45, 7) is 5.64. The molecule has 1 spiro atoms. The molecule has 1 unspecified atom stereocenters. The average Bonchev–Trinajstić information content (AvgIpc) is 3.20. The van der Waals surface area contributed by atoms with Gasteiger partial charge in [0.2, 0.25) is 5.91 Å². The van der Waals surface area contributed by atoms with E-state index in [0.29, 0.717) is 6.67 Å². The highest BCUT2D eigenvalue weighted by atomic mass is 32.2. The number of carbonyl (C=O) groups excluding carboxylic acids is 1. The Bertz CT molecular complexity index is 1180. The maximum absolute atomic E-state index is 13.1. The number of hydrogen-bond acceptors (Lipinski definition) is 5. The predicted octanol–water partition coefficient (Wildman–Crippen LogP) is 5.08. The molecular weight excluding hydrogens is 440 g/mol. The minimum atomic E-state index is -0.454. The first-order valence-electron chi connectivity index (χ1n) is 12.1. The molecule has 0 aliphatic carbocycles. The molecule has 6 rings (SSSR count). The number of hydrogen-bond donors (Lipinski definition) is 1. The second kappa shape index (κ2) is 8.36. The molecule has 3 heterocycles. The van der Waals surface area contributed by atoms with Crippen molar-refractivity contribution in [1.29, 1.82) is 0 Å². The van der Waals surface area contributed by atoms with Gasteiger partial charge >= 0.3 is 0 Å². The SMILES string of the molecule is CC1(N2CCC3(CC2)C(=O)NCN3c2ccccc2)CN(c2ccccc2)c2ccccc2S1. The zero-order valence-corrected chi connectivity index (χ0v) is 20.3. The highest BCUT2D eigenvalue weighted by molar-refractivity contribution is 8.00. The number of anilines is 3. The van der Waals surface area contributed by atoms with E-state index in [1.165, 1.54) is 16.3 Å². The smallest absolute Gasteiger partial charge is 0.247 e. The number of amides is 1. The largest absolute Gasteiger partial charge is 0.339 e. The molecule has 1 N–H and O–H groups in total. The molecule has 0 saturated carbocycles. The third-order valence-electron chi connectivity index (χ3n) is 7.67. The molecule has 174 valence electrons. The molecular formula is C28H30N4OS. The number of rotatable bonds is 3. The monoisotopic (exact) mass is 470 g/mol. The average molecular weight is 471 g/mol. The lowest BCUT2D eigenvalue weighted by Crippen LogP contribution is -2.62. The third-order valence-corrected chi connectivity index (χ3v) is 9.06. The van der Waals surface area contributed by atoms with E-state index in [-0.39, 0.29) is 10.8 Å². The van der Waals surface area contributed by atoms with Crippen molar-refractivity contribution in [3.63, 3.8) is 0 Å². The molecule has 1 atom stereocenters. The Morgan fingerprint density at radius 1 is 0.824 bits per heavy atom. The fourth-order valence-electron chi connectivity index (χ4n) is 5.80. The number of nitrogens with one attached hydrogen (secondary N) is 1. The lowest BCUT2D eigenvalue weighted by Gasteiger charge is -2.52. The number of benzene rings is 3. The van der Waals surface area contributed by atoms with Crippen LogP contribution in [-0.2, 0) is 4.79 Å². The van der Waals surface area contributed by atoms with Gasteiger partial charge in [-0.15, -0.1) is 0 Å². The van der Waals surface area contributed by atoms with Crippen LogP contribution in [0, 0.1) is 0 Å². The Morgan fingerprint density at radius 2 is 1.44 bits per heavy atom. The second-order valence-electron chi connectivity index (χ2n) is 9.61. The second-order valence-corrected chi connectivity index (χ2v) is 11.1. The molecule has 2 fully saturated rings. The van der Waals surface area contributed by atoms with Crippen LogP contribution in [-0.4, -0.2) is 47.5 Å². The molecule has 0 aromatic heterocycles. The molecule has 2 saturated heterocycles. The topological polar surface area (TPSA) is 38.8 Å². The summed E-state index contributed by atoms with van der Waals surface area (Å²) < 4.78 is 0. The standard InChI is InChI=1S/C28H30N4OS/c1-27(20-31(22-10-4-2-5-11-22)24-14-8-9-15-25(24)34-27)30-18-16-28(17-19-30)26(33)29-21-32(28)23-12-6-3-7-13-23/h2-15H,16-21H2,1H3,(H,29,33). The maximum atomic E-state index is 13.1. The first kappa shape index (κ1) is 21.6. The van der Waals surface area contributed by atoms with Gasteiger partial charge in [-0.1, -0.05) is 60.3 Å². The number of likely N-dealkylation sites (tertiary alicyclic amines) is 1. The normalized spacial score (nSPS) is 24.2. The molecule has 5 nitrogen and oxygen atoms in total. The molecule has 0 bridgehead atoms. The summed E-state index contributed by atoms with van der Waals surface area (Å²) >= 11 is 1.96. The lowest BCUT2D eigenvalue weighted by molar-refractivity contribution is -0.125. The van der Waals surface area contributed by atoms with Crippen LogP contribution in [0.2, 0.25) is 0 Å². The zero-order valence-electron chi connectivity index (χ0n) is 19.5. The maximum Gasteiger partial charge on any atom is 0.247 e. The Hall–Kier alpha value is -2.96. The van der Waals surface area contributed by atoms with Crippen molar-refractivity contribution in [1.82, 2.24) is 10.2 Å². The summed E-state index contributed by atoms with van der Waals surface area (Å²) in [5, 5.41) is 3.13. The van der Waals surface area contributed by atoms with Crippen LogP contribution in [0.1, 0.15) is 19.8 Å². The molecule has 3 aliphatic heterocycles. The van der Waals surface area contributed by atoms with Gasteiger partial charge in [0.25, 0.3) is 0 Å². The highest BCUT2D eigenvalue weighted by Crippen LogP contribution is 2.50. The van der Waals surface area contributed by atoms with Crippen molar-refractivity contribution in [2.45, 2.75) is 35.1 Å². The third kappa shape index (κ3) is 3.48. The fourth-order valence-corrected chi connectivity index (χ4v) is 7.21. The Balaban J connectivity index is 1.27. The van der Waals surface area contributed by atoms with Crippen LogP contribution in [0.15, 0.2) is 89.8 Å². The van der Waals surface area contributed by atoms with Crippen molar-refractivity contribution < 1.29 is 4.79 Å². The van der Waals surface area contributed by atoms with Gasteiger partial charge in [-0.25, -0.2) is 0 Å². The van der Waals surface area contributed by atoms with E-state index in [1.54, 1.807) is 0 Å². The summed E-state index contributed by atoms with van der Waals surface area (Å²) in [5.41, 5.74) is 3.16. The number of nitrogens with zero attached hydrogens (tertiary/aromatic N) is 3. The minimum Gasteiger partial charge on any atom is -0.339 e. The van der Waals surface area contributed by atoms with Crippen LogP contribution in [0.3, 0.4) is 0 Å². The molecule has 3 aliphatic rings. The number of fused-ring (bicyclic) bond motifs is 1. The Labute approximate surface area is 205 Å². The summed E-state index contributed by atoms with van der Waals surface area (Å²) in [4.78, 5) is 21.7. The van der Waals surface area contributed by atoms with Gasteiger partial charge in [-0.05, 0) is 56.2 Å². The van der Waals surface area contributed by atoms with Crippen LogP contribution in [0.4, 0.5) is 17.1 Å². The first-order chi connectivity index (χ1) is 16.6. The van der Waals surface area contributed by atoms with Gasteiger partial charge in [-0.2, -0.15) is 0 Å². The van der Waals surface area contributed by atoms with E-state index in [9.17, 15) is 4.79 Å². The van der Waals surface area contributed by atoms with E-state index in [1.807, 2.05) is 17.8 Å². The fraction of sp³-hybridized carbons (Fsp3) is 0.321. The van der Waals surface area contributed by atoms with E-state index in [0.717, 1.165) is 38.2 Å². The predicted molar refractivity (Wildman–Crippen MR) is 140 cm³/mol. The first-order valence-corrected chi connectivity index (χ1v) is 12.9. The molecule has 1 amide bonds. The van der Waals surface area contributed by atoms with Gasteiger partial charge in [-0.3, -0.25) is 9.69 Å². The van der Waals surface area contributed by atoms with Crippen molar-refractivity contribution in [2.24, 2.45) is 0 Å². The highest BCUT2D eigenvalue weighted by Gasteiger charge is 2.53. The van der Waals surface area contributed by atoms with E-state index >= 15 is 0 Å². The summed E-state index contributed by atoms with van der Waals surface area (Å²) in [5.74, 6) is 0.175. The van der Waals surface area contributed by atoms with Crippen molar-refractivity contribution in [3.8, 4) is 0 Å². The van der Waals surface area contributed by atoms with Gasteiger partial charge in [0, 0.05) is 29.4 Å². The van der Waals surface area contributed by atoms with Gasteiger partial charge in [0.15, 0.2) is 0 Å². The van der Waals surface area contributed by atoms with Gasteiger partial charge in [0.1, 0.15) is 5.54 Å². The van der Waals surface area contributed by atoms with Crippen LogP contribution in [0.25, 0.3) is 0 Å². The Morgan fingerprint density at radius 3 is 2.15 bits per heavy atom. The summed E-state index contributed by atoms with van der Waals surface area (Å²) in [6.07, 6.45) is 1.66. The molecule has 3 aromatic rings. The number of para-hydroxylation sites is 3. The number of thioether (sulfide) groups is 1. The van der Waals surface area contributed by atoms with Crippen molar-refractivity contribution >= 4 is 34.7 Å². The summed E-state index contributed by atoms with van der Waals surface area (Å²) in [7, 11) is 0.